The lowest BCUT2D eigenvalue weighted by atomic mass is 10.0. The van der Waals surface area contributed by atoms with Crippen molar-refractivity contribution in [3.63, 3.8) is 0 Å². The van der Waals surface area contributed by atoms with Gasteiger partial charge in [-0.3, -0.25) is 38.6 Å². The Bertz CT molecular complexity index is 1880. The molecular weight excluding hydrogens is 877 g/mol. The highest BCUT2D eigenvalue weighted by molar-refractivity contribution is 5.98. The van der Waals surface area contributed by atoms with Crippen LogP contribution < -0.4 is 71.0 Å². The standard InChI is InChI=1S/C42H70N14O11/c1-67-27-9-4-8-25(20-27)21-32(38(62)53-28(10-2-3-15-43)37(61)54-31(41(65)66)12-6-18-49-42(47)48)55-39(63)33-13-7-19-56(33)40(64)30(11-5-16-44)52-35(59)24-50-36(60)29(14-17-45)51-34(58)22-26(57)23-46/h4,8-9,12,20,26,28-30,32-33,57H,2-3,5-7,10-11,13-19,21-24,43-46H2,1H3,(H,50,60)(H,51,58)(H,52,59)(H,53,62)(H,54,61)(H,55,63)(H,65,66)(H4,47,48,49)/b31-12-/t26-,28+,29+,30-,32+,33+/m1/s1. The SMILES string of the molecule is COc1cccc(C[C@H](NC(=O)[C@@H]2CCCN2C(=O)[C@@H](CCCN)NC(=O)CNC(=O)[C@H](CCN)NC(=O)C[C@@H](O)CN)C(=O)N[C@@H](CCCCN)C(=O)N/C(=C\CCN=C(N)N)C(=O)O)c1. The summed E-state index contributed by atoms with van der Waals surface area (Å²) in [6, 6.07) is 0.757. The van der Waals surface area contributed by atoms with Gasteiger partial charge in [-0.05, 0) is 95.1 Å². The molecule has 20 N–H and O–H groups in total. The van der Waals surface area contributed by atoms with Crippen molar-refractivity contribution in [2.75, 3.05) is 52.9 Å². The molecule has 67 heavy (non-hydrogen) atoms. The number of aliphatic imine (C=N–C) groups is 1. The summed E-state index contributed by atoms with van der Waals surface area (Å²) in [6.07, 6.45) is 1.65. The molecule has 2 rings (SSSR count). The van der Waals surface area contributed by atoms with Gasteiger partial charge in [-0.25, -0.2) is 4.79 Å². The maximum atomic E-state index is 14.2. The number of benzene rings is 1. The molecule has 25 nitrogen and oxygen atoms in total. The van der Waals surface area contributed by atoms with Crippen LogP contribution in [0.4, 0.5) is 0 Å². The minimum atomic E-state index is -1.45. The van der Waals surface area contributed by atoms with E-state index in [0.29, 0.717) is 37.0 Å². The Hall–Kier alpha value is -6.41. The number of aliphatic hydroxyl groups is 1. The van der Waals surface area contributed by atoms with Crippen LogP contribution in [0.25, 0.3) is 0 Å². The molecule has 1 fully saturated rings. The number of carboxylic acid groups (broad SMARTS) is 1. The molecule has 0 bridgehead atoms. The number of hydrogen-bond donors (Lipinski definition) is 14. The summed E-state index contributed by atoms with van der Waals surface area (Å²) in [5.41, 5.74) is 33.2. The van der Waals surface area contributed by atoms with Crippen LogP contribution in [0.2, 0.25) is 0 Å². The largest absolute Gasteiger partial charge is 0.497 e. The maximum absolute atomic E-state index is 14.2. The first-order chi connectivity index (χ1) is 32.0. The highest BCUT2D eigenvalue weighted by atomic mass is 16.5. The van der Waals surface area contributed by atoms with Crippen LogP contribution in [-0.2, 0) is 44.8 Å². The zero-order chi connectivity index (χ0) is 49.9. The molecule has 0 aliphatic carbocycles. The summed E-state index contributed by atoms with van der Waals surface area (Å²) in [7, 11) is 1.46. The van der Waals surface area contributed by atoms with Crippen LogP contribution in [0.3, 0.4) is 0 Å². The van der Waals surface area contributed by atoms with Crippen LogP contribution >= 0.6 is 0 Å². The Morgan fingerprint density at radius 2 is 1.52 bits per heavy atom. The number of nitrogens with two attached hydrogens (primary N) is 6. The van der Waals surface area contributed by atoms with E-state index in [1.54, 1.807) is 24.3 Å². The molecule has 0 spiro atoms. The van der Waals surface area contributed by atoms with E-state index in [2.05, 4.69) is 36.9 Å². The van der Waals surface area contributed by atoms with Gasteiger partial charge in [0.15, 0.2) is 5.96 Å². The number of ether oxygens (including phenoxy) is 1. The van der Waals surface area contributed by atoms with E-state index in [1.807, 2.05) is 0 Å². The van der Waals surface area contributed by atoms with Crippen LogP contribution in [0.1, 0.15) is 69.8 Å². The second-order valence-corrected chi connectivity index (χ2v) is 15.7. The van der Waals surface area contributed by atoms with Crippen LogP contribution in [0.15, 0.2) is 41.0 Å². The molecule has 25 heteroatoms. The predicted octanol–water partition coefficient (Wildman–Crippen LogP) is -5.04. The van der Waals surface area contributed by atoms with E-state index >= 15 is 0 Å². The summed E-state index contributed by atoms with van der Waals surface area (Å²) in [5, 5.41) is 34.8. The Morgan fingerprint density at radius 3 is 2.16 bits per heavy atom. The van der Waals surface area contributed by atoms with Crippen molar-refractivity contribution in [2.45, 2.75) is 107 Å². The number of amides is 7. The van der Waals surface area contributed by atoms with Gasteiger partial charge in [0.25, 0.3) is 0 Å². The number of unbranched alkanes of at least 4 members (excludes halogenated alkanes) is 1. The molecule has 6 atom stereocenters. The third-order valence-electron chi connectivity index (χ3n) is 10.4. The number of hydrogen-bond acceptors (Lipinski definition) is 15. The molecule has 1 aliphatic heterocycles. The Balaban J connectivity index is 2.33. The van der Waals surface area contributed by atoms with Crippen LogP contribution in [0.5, 0.6) is 5.75 Å². The van der Waals surface area contributed by atoms with Crippen LogP contribution in [0, 0.1) is 0 Å². The molecule has 1 heterocycles. The first-order valence-corrected chi connectivity index (χ1v) is 22.2. The number of carbonyl (C=O) groups is 8. The molecule has 0 radical (unpaired) electrons. The van der Waals surface area contributed by atoms with Gasteiger partial charge >= 0.3 is 5.97 Å². The van der Waals surface area contributed by atoms with Gasteiger partial charge in [0.2, 0.25) is 41.4 Å². The van der Waals surface area contributed by atoms with E-state index < -0.39 is 95.9 Å². The molecule has 7 amide bonds. The lowest BCUT2D eigenvalue weighted by molar-refractivity contribution is -0.142. The highest BCUT2D eigenvalue weighted by Gasteiger charge is 2.39. The van der Waals surface area contributed by atoms with Gasteiger partial charge in [0.05, 0.1) is 26.2 Å². The first-order valence-electron chi connectivity index (χ1n) is 22.2. The van der Waals surface area contributed by atoms with E-state index in [9.17, 15) is 48.6 Å². The molecule has 0 aromatic heterocycles. The molecule has 1 saturated heterocycles. The monoisotopic (exact) mass is 947 g/mol. The minimum absolute atomic E-state index is 0.0151. The second-order valence-electron chi connectivity index (χ2n) is 15.7. The van der Waals surface area contributed by atoms with Crippen molar-refractivity contribution < 1.29 is 53.3 Å². The second kappa shape index (κ2) is 30.7. The van der Waals surface area contributed by atoms with Gasteiger partial charge in [0, 0.05) is 26.1 Å². The summed E-state index contributed by atoms with van der Waals surface area (Å²) in [4.78, 5) is 112. The number of aliphatic carboxylic acids is 1. The smallest absolute Gasteiger partial charge is 0.352 e. The number of rotatable bonds is 31. The molecule has 0 saturated carbocycles. The average Bonchev–Trinajstić information content (AvgIpc) is 3.80. The number of nitrogens with one attached hydrogen (secondary N) is 6. The average molecular weight is 947 g/mol. The summed E-state index contributed by atoms with van der Waals surface area (Å²) < 4.78 is 5.35. The van der Waals surface area contributed by atoms with Gasteiger partial charge in [0.1, 0.15) is 41.7 Å². The fourth-order valence-corrected chi connectivity index (χ4v) is 6.97. The number of nitrogens with zero attached hydrogens (tertiary/aromatic N) is 2. The number of guanidine groups is 1. The zero-order valence-corrected chi connectivity index (χ0v) is 38.0. The Kier molecular flexibility index (Phi) is 26.0. The van der Waals surface area contributed by atoms with Crippen molar-refractivity contribution in [1.82, 2.24) is 36.8 Å². The van der Waals surface area contributed by atoms with Crippen molar-refractivity contribution in [3.05, 3.63) is 41.6 Å². The fraction of sp³-hybridized carbons (Fsp3) is 0.595. The summed E-state index contributed by atoms with van der Waals surface area (Å²) >= 11 is 0. The number of carboxylic acids is 1. The molecule has 0 unspecified atom stereocenters. The highest BCUT2D eigenvalue weighted by Crippen LogP contribution is 2.21. The van der Waals surface area contributed by atoms with E-state index in [1.165, 1.54) is 18.1 Å². The molecule has 1 aliphatic rings. The molecule has 1 aromatic rings. The van der Waals surface area contributed by atoms with Crippen LogP contribution in [-0.4, -0.2) is 158 Å². The normalized spacial score (nSPS) is 15.7. The predicted molar refractivity (Wildman–Crippen MR) is 246 cm³/mol. The first kappa shape index (κ1) is 56.7. The van der Waals surface area contributed by atoms with Gasteiger partial charge in [-0.15, -0.1) is 0 Å². The van der Waals surface area contributed by atoms with Crippen molar-refractivity contribution >= 4 is 53.3 Å². The summed E-state index contributed by atoms with van der Waals surface area (Å²) in [5.74, 6) is -6.24. The number of likely N-dealkylation sites (tertiary alicyclic amines) is 1. The van der Waals surface area contributed by atoms with E-state index in [4.69, 9.17) is 39.1 Å². The Labute approximate surface area is 389 Å². The third kappa shape index (κ3) is 20.8. The van der Waals surface area contributed by atoms with Crippen molar-refractivity contribution in [2.24, 2.45) is 39.4 Å². The number of methoxy groups -OCH3 is 1. The van der Waals surface area contributed by atoms with Crippen molar-refractivity contribution in [3.8, 4) is 5.75 Å². The molecular formula is C42H70N14O11. The topological polar surface area (TPSA) is 430 Å². The third-order valence-corrected chi connectivity index (χ3v) is 10.4. The van der Waals surface area contributed by atoms with Gasteiger partial charge in [-0.1, -0.05) is 18.2 Å². The van der Waals surface area contributed by atoms with Gasteiger partial charge < -0.3 is 86.2 Å². The molecule has 1 aromatic carbocycles. The lowest BCUT2D eigenvalue weighted by Crippen LogP contribution is -2.58. The van der Waals surface area contributed by atoms with Gasteiger partial charge in [-0.2, -0.15) is 0 Å². The van der Waals surface area contributed by atoms with E-state index in [0.717, 1.165) is 0 Å². The quantitative estimate of drug-likeness (QED) is 0.0143. The summed E-state index contributed by atoms with van der Waals surface area (Å²) in [6.45, 7) is -0.112. The lowest BCUT2D eigenvalue weighted by Gasteiger charge is -2.30. The number of carbonyl (C=O) groups excluding carboxylic acids is 7. The fourth-order valence-electron chi connectivity index (χ4n) is 6.97. The minimum Gasteiger partial charge on any atom is -0.497 e. The Morgan fingerprint density at radius 1 is 0.836 bits per heavy atom. The van der Waals surface area contributed by atoms with E-state index in [-0.39, 0.29) is 90.2 Å². The zero-order valence-electron chi connectivity index (χ0n) is 38.0. The molecule has 374 valence electrons. The number of aliphatic hydroxyl groups excluding tert-OH is 1. The van der Waals surface area contributed by atoms with Crippen molar-refractivity contribution in [1.29, 1.82) is 0 Å². The maximum Gasteiger partial charge on any atom is 0.352 e.